The summed E-state index contributed by atoms with van der Waals surface area (Å²) in [5, 5.41) is 4.70. The van der Waals surface area contributed by atoms with Gasteiger partial charge in [-0.25, -0.2) is 0 Å². The van der Waals surface area contributed by atoms with E-state index in [9.17, 15) is 0 Å². The molecule has 0 fully saturated rings. The van der Waals surface area contributed by atoms with Crippen molar-refractivity contribution in [1.29, 1.82) is 0 Å². The first-order valence-corrected chi connectivity index (χ1v) is 17.7. The lowest BCUT2D eigenvalue weighted by atomic mass is 9.82. The van der Waals surface area contributed by atoms with Crippen LogP contribution in [0.15, 0.2) is 180 Å². The third kappa shape index (κ3) is 4.64. The second kappa shape index (κ2) is 11.3. The molecule has 242 valence electrons. The lowest BCUT2D eigenvalue weighted by Crippen LogP contribution is -2.16. The van der Waals surface area contributed by atoms with Gasteiger partial charge in [-0.1, -0.05) is 147 Å². The Labute approximate surface area is 297 Å². The molecule has 0 bridgehead atoms. The lowest BCUT2D eigenvalue weighted by Gasteiger charge is -2.28. The van der Waals surface area contributed by atoms with Crippen LogP contribution in [0.3, 0.4) is 0 Å². The van der Waals surface area contributed by atoms with E-state index in [-0.39, 0.29) is 5.41 Å². The number of benzene rings is 8. The molecule has 0 unspecified atom stereocenters. The summed E-state index contributed by atoms with van der Waals surface area (Å²) in [5.41, 5.74) is 14.9. The van der Waals surface area contributed by atoms with E-state index in [1.807, 2.05) is 0 Å². The zero-order chi connectivity index (χ0) is 34.1. The summed E-state index contributed by atoms with van der Waals surface area (Å²) in [6.45, 7) is 4.69. The van der Waals surface area contributed by atoms with Gasteiger partial charge < -0.3 is 9.32 Å². The highest BCUT2D eigenvalue weighted by Gasteiger charge is 2.36. The molecule has 0 radical (unpaired) electrons. The number of nitrogens with zero attached hydrogens (tertiary/aromatic N) is 1. The largest absolute Gasteiger partial charge is 0.456 e. The smallest absolute Gasteiger partial charge is 0.138 e. The molecule has 1 aromatic heterocycles. The van der Waals surface area contributed by atoms with Crippen LogP contribution in [0.4, 0.5) is 17.1 Å². The van der Waals surface area contributed by atoms with Gasteiger partial charge >= 0.3 is 0 Å². The van der Waals surface area contributed by atoms with E-state index in [0.717, 1.165) is 50.1 Å². The van der Waals surface area contributed by atoms with Gasteiger partial charge in [-0.05, 0) is 91.7 Å². The predicted molar refractivity (Wildman–Crippen MR) is 214 cm³/mol. The van der Waals surface area contributed by atoms with Crippen LogP contribution in [0, 0.1) is 0 Å². The maximum absolute atomic E-state index is 6.78. The summed E-state index contributed by atoms with van der Waals surface area (Å²) in [4.78, 5) is 2.39. The Bertz CT molecular complexity index is 2760. The molecule has 0 aliphatic heterocycles. The quantitative estimate of drug-likeness (QED) is 0.184. The number of rotatable bonds is 5. The Morgan fingerprint density at radius 3 is 1.86 bits per heavy atom. The molecule has 0 atom stereocenters. The van der Waals surface area contributed by atoms with Crippen molar-refractivity contribution in [3.63, 3.8) is 0 Å². The SMILES string of the molecule is CC1(C)c2ccccc2-c2ccc(N(c3ccc(-c4ccccc4)cc3)c3cc(-c4ccccc4)c4c(c3)oc3ccc5ccccc5c34)cc21. The molecule has 1 aliphatic carbocycles. The third-order valence-corrected chi connectivity index (χ3v) is 10.8. The van der Waals surface area contributed by atoms with Crippen molar-refractivity contribution in [2.24, 2.45) is 0 Å². The van der Waals surface area contributed by atoms with Crippen molar-refractivity contribution < 1.29 is 4.42 Å². The second-order valence-electron chi connectivity index (χ2n) is 14.1. The van der Waals surface area contributed by atoms with Crippen molar-refractivity contribution in [2.45, 2.75) is 19.3 Å². The van der Waals surface area contributed by atoms with E-state index in [4.69, 9.17) is 4.42 Å². The van der Waals surface area contributed by atoms with Crippen LogP contribution in [0.25, 0.3) is 66.1 Å². The molecule has 2 nitrogen and oxygen atoms in total. The first kappa shape index (κ1) is 29.5. The summed E-state index contributed by atoms with van der Waals surface area (Å²) < 4.78 is 6.78. The van der Waals surface area contributed by atoms with Crippen molar-refractivity contribution >= 4 is 49.8 Å². The van der Waals surface area contributed by atoms with Gasteiger partial charge in [0.2, 0.25) is 0 Å². The van der Waals surface area contributed by atoms with Crippen molar-refractivity contribution in [3.8, 4) is 33.4 Å². The summed E-state index contributed by atoms with van der Waals surface area (Å²) in [7, 11) is 0. The van der Waals surface area contributed by atoms with Crippen LogP contribution in [0.2, 0.25) is 0 Å². The molecular weight excluding hydrogens is 619 g/mol. The maximum Gasteiger partial charge on any atom is 0.138 e. The molecular formula is C49H35NO. The van der Waals surface area contributed by atoms with Gasteiger partial charge in [0.15, 0.2) is 0 Å². The zero-order valence-corrected chi connectivity index (χ0v) is 28.6. The van der Waals surface area contributed by atoms with E-state index in [0.29, 0.717) is 0 Å². The van der Waals surface area contributed by atoms with Crippen molar-refractivity contribution in [1.82, 2.24) is 0 Å². The van der Waals surface area contributed by atoms with Crippen LogP contribution in [0.5, 0.6) is 0 Å². The number of fused-ring (bicyclic) bond motifs is 8. The highest BCUT2D eigenvalue weighted by atomic mass is 16.3. The Balaban J connectivity index is 1.23. The molecule has 1 heterocycles. The molecule has 0 saturated carbocycles. The Kier molecular flexibility index (Phi) is 6.56. The number of hydrogen-bond acceptors (Lipinski definition) is 2. The number of hydrogen-bond donors (Lipinski definition) is 0. The summed E-state index contributed by atoms with van der Waals surface area (Å²) >= 11 is 0. The molecule has 2 heteroatoms. The fourth-order valence-electron chi connectivity index (χ4n) is 8.34. The third-order valence-electron chi connectivity index (χ3n) is 10.8. The topological polar surface area (TPSA) is 16.4 Å². The van der Waals surface area contributed by atoms with Crippen LogP contribution in [0.1, 0.15) is 25.0 Å². The minimum atomic E-state index is -0.121. The maximum atomic E-state index is 6.78. The van der Waals surface area contributed by atoms with Crippen molar-refractivity contribution in [3.05, 3.63) is 187 Å². The first-order valence-electron chi connectivity index (χ1n) is 17.7. The van der Waals surface area contributed by atoms with Gasteiger partial charge in [0.05, 0.1) is 5.69 Å². The molecule has 0 saturated heterocycles. The molecule has 0 spiro atoms. The van der Waals surface area contributed by atoms with Crippen LogP contribution >= 0.6 is 0 Å². The molecule has 9 aromatic rings. The van der Waals surface area contributed by atoms with E-state index < -0.39 is 0 Å². The highest BCUT2D eigenvalue weighted by Crippen LogP contribution is 2.51. The summed E-state index contributed by atoms with van der Waals surface area (Å²) in [6, 6.07) is 63.6. The molecule has 1 aliphatic rings. The molecule has 10 rings (SSSR count). The lowest BCUT2D eigenvalue weighted by molar-refractivity contribution is 0.660. The highest BCUT2D eigenvalue weighted by molar-refractivity contribution is 6.23. The van der Waals surface area contributed by atoms with Crippen molar-refractivity contribution in [2.75, 3.05) is 4.90 Å². The predicted octanol–water partition coefficient (Wildman–Crippen LogP) is 13.8. The Morgan fingerprint density at radius 2 is 1.06 bits per heavy atom. The number of anilines is 3. The molecule has 8 aromatic carbocycles. The van der Waals surface area contributed by atoms with Crippen LogP contribution < -0.4 is 4.90 Å². The second-order valence-corrected chi connectivity index (χ2v) is 14.1. The van der Waals surface area contributed by atoms with Gasteiger partial charge in [0.1, 0.15) is 11.2 Å². The minimum absolute atomic E-state index is 0.121. The van der Waals surface area contributed by atoms with Gasteiger partial charge in [-0.15, -0.1) is 0 Å². The monoisotopic (exact) mass is 653 g/mol. The van der Waals surface area contributed by atoms with E-state index in [2.05, 4.69) is 195 Å². The fraction of sp³-hybridized carbons (Fsp3) is 0.0612. The normalized spacial score (nSPS) is 13.1. The number of furan rings is 1. The van der Waals surface area contributed by atoms with Gasteiger partial charge in [-0.2, -0.15) is 0 Å². The van der Waals surface area contributed by atoms with Gasteiger partial charge in [0, 0.05) is 33.6 Å². The molecule has 0 N–H and O–H groups in total. The van der Waals surface area contributed by atoms with Crippen LogP contribution in [-0.2, 0) is 5.41 Å². The minimum Gasteiger partial charge on any atom is -0.456 e. The molecule has 0 amide bonds. The van der Waals surface area contributed by atoms with E-state index >= 15 is 0 Å². The average molecular weight is 654 g/mol. The average Bonchev–Trinajstić information content (AvgIpc) is 3.68. The summed E-state index contributed by atoms with van der Waals surface area (Å²) in [5.74, 6) is 0. The van der Waals surface area contributed by atoms with Gasteiger partial charge in [-0.3, -0.25) is 0 Å². The van der Waals surface area contributed by atoms with Gasteiger partial charge in [0.25, 0.3) is 0 Å². The fourth-order valence-corrected chi connectivity index (χ4v) is 8.34. The first-order chi connectivity index (χ1) is 25.0. The van der Waals surface area contributed by atoms with E-state index in [1.54, 1.807) is 0 Å². The Hall–Kier alpha value is -6.38. The Morgan fingerprint density at radius 1 is 0.412 bits per heavy atom. The standard InChI is InChI=1S/C49H35NO/c1-49(2)43-20-12-11-19-40(43)41-27-26-37(30-44(41)49)50(36-24-21-33(22-25-36)32-13-5-3-6-14-32)38-29-42(34-15-7-4-8-16-34)48-46(31-38)51-45-28-23-35-17-9-10-18-39(35)47(45)48/h3-31H,1-2H3. The summed E-state index contributed by atoms with van der Waals surface area (Å²) in [6.07, 6.45) is 0. The van der Waals surface area contributed by atoms with E-state index in [1.165, 1.54) is 44.2 Å². The zero-order valence-electron chi connectivity index (χ0n) is 28.6. The molecule has 51 heavy (non-hydrogen) atoms. The van der Waals surface area contributed by atoms with Crippen LogP contribution in [-0.4, -0.2) is 0 Å².